The summed E-state index contributed by atoms with van der Waals surface area (Å²) in [7, 11) is 0. The molecule has 0 nitrogen and oxygen atoms in total. The van der Waals surface area contributed by atoms with Crippen molar-refractivity contribution in [2.24, 2.45) is 0 Å². The van der Waals surface area contributed by atoms with Crippen molar-refractivity contribution in [1.29, 1.82) is 0 Å². The Balaban J connectivity index is 2.62. The zero-order valence-corrected chi connectivity index (χ0v) is 3.70. The van der Waals surface area contributed by atoms with Crippen molar-refractivity contribution >= 4 is 11.6 Å². The van der Waals surface area contributed by atoms with Gasteiger partial charge in [0, 0.05) is 5.54 Å². The highest BCUT2D eigenvalue weighted by atomic mass is 35.5. The number of allylic oxidation sites excluding steroid dienone is 1. The average molecular weight is 89.5 g/mol. The van der Waals surface area contributed by atoms with E-state index in [2.05, 4.69) is 6.92 Å². The molecule has 0 unspecified atom stereocenters. The van der Waals surface area contributed by atoms with E-state index in [0.717, 1.165) is 6.42 Å². The first-order valence-corrected chi connectivity index (χ1v) is 1.90. The summed E-state index contributed by atoms with van der Waals surface area (Å²) in [4.78, 5) is 0. The fraction of sp³-hybridized carbons (Fsp3) is 0.250. The van der Waals surface area contributed by atoms with Gasteiger partial charge in [-0.1, -0.05) is 17.7 Å². The third kappa shape index (κ3) is 4.03. The molecule has 0 aliphatic rings. The second kappa shape index (κ2) is 4.03. The van der Waals surface area contributed by atoms with Gasteiger partial charge in [0.05, 0.1) is 0 Å². The van der Waals surface area contributed by atoms with E-state index in [-0.39, 0.29) is 0 Å². The van der Waals surface area contributed by atoms with E-state index < -0.39 is 0 Å². The lowest BCUT2D eigenvalue weighted by molar-refractivity contribution is 1.41. The van der Waals surface area contributed by atoms with Gasteiger partial charge in [0.15, 0.2) is 0 Å². The quantitative estimate of drug-likeness (QED) is 0.461. The van der Waals surface area contributed by atoms with Crippen LogP contribution in [0.3, 0.4) is 0 Å². The molecule has 1 heteroatoms. The van der Waals surface area contributed by atoms with E-state index in [9.17, 15) is 0 Å². The number of halogens is 1. The third-order valence-corrected chi connectivity index (χ3v) is 0.434. The van der Waals surface area contributed by atoms with Crippen LogP contribution in [0.5, 0.6) is 0 Å². The lowest BCUT2D eigenvalue weighted by Gasteiger charge is -1.63. The summed E-state index contributed by atoms with van der Waals surface area (Å²) in [5.74, 6) is 0. The highest BCUT2D eigenvalue weighted by Crippen LogP contribution is 1.79. The van der Waals surface area contributed by atoms with Crippen LogP contribution in [0, 0.1) is 6.92 Å². The fourth-order valence-corrected chi connectivity index (χ4v) is 0.189. The van der Waals surface area contributed by atoms with Gasteiger partial charge in [-0.15, -0.1) is 0 Å². The monoisotopic (exact) mass is 89.0 g/mol. The van der Waals surface area contributed by atoms with Crippen molar-refractivity contribution in [3.63, 3.8) is 0 Å². The molecule has 0 aliphatic heterocycles. The third-order valence-electron chi connectivity index (χ3n) is 0.256. The summed E-state index contributed by atoms with van der Waals surface area (Å²) >= 11 is 5.08. The largest absolute Gasteiger partial charge is 0.0933 e. The Hall–Kier alpha value is 0.0300. The molecule has 0 aromatic rings. The van der Waals surface area contributed by atoms with Crippen molar-refractivity contribution in [2.75, 3.05) is 0 Å². The maximum Gasteiger partial charge on any atom is 0.000245 e. The topological polar surface area (TPSA) is 0 Å². The van der Waals surface area contributed by atoms with Gasteiger partial charge in [0.1, 0.15) is 0 Å². The van der Waals surface area contributed by atoms with Gasteiger partial charge in [-0.2, -0.15) is 0 Å². The number of hydrogen-bond donors (Lipinski definition) is 0. The van der Waals surface area contributed by atoms with Crippen LogP contribution in [0.2, 0.25) is 0 Å². The van der Waals surface area contributed by atoms with Crippen molar-refractivity contribution in [2.45, 2.75) is 6.42 Å². The molecule has 1 radical (unpaired) electrons. The molecule has 0 rings (SSSR count). The molecule has 0 aliphatic carbocycles. The normalized spacial score (nSPS) is 10.0. The molecular weight excluding hydrogens is 83.5 g/mol. The van der Waals surface area contributed by atoms with Gasteiger partial charge < -0.3 is 0 Å². The second-order valence-electron chi connectivity index (χ2n) is 0.650. The first kappa shape index (κ1) is 5.03. The van der Waals surface area contributed by atoms with E-state index in [1.54, 1.807) is 6.08 Å². The molecule has 0 saturated heterocycles. The van der Waals surface area contributed by atoms with Crippen molar-refractivity contribution in [3.8, 4) is 0 Å². The smallest absolute Gasteiger partial charge is 0.000245 e. The maximum absolute atomic E-state index is 5.08. The molecular formula is C4H6Cl. The molecule has 0 aromatic carbocycles. The van der Waals surface area contributed by atoms with E-state index in [0.29, 0.717) is 0 Å². The molecule has 0 fully saturated rings. The Morgan fingerprint density at radius 1 is 1.80 bits per heavy atom. The van der Waals surface area contributed by atoms with Gasteiger partial charge in [0.2, 0.25) is 0 Å². The van der Waals surface area contributed by atoms with Gasteiger partial charge in [-0.25, -0.2) is 0 Å². The summed E-state index contributed by atoms with van der Waals surface area (Å²) in [5.41, 5.74) is 1.47. The Morgan fingerprint density at radius 2 is 2.40 bits per heavy atom. The Bertz CT molecular complexity index is 30.6. The van der Waals surface area contributed by atoms with Gasteiger partial charge in [0.25, 0.3) is 0 Å². The van der Waals surface area contributed by atoms with Crippen LogP contribution in [0.1, 0.15) is 6.42 Å². The molecule has 0 amide bonds. The summed E-state index contributed by atoms with van der Waals surface area (Å²) < 4.78 is 0. The molecule has 0 saturated carbocycles. The summed E-state index contributed by atoms with van der Waals surface area (Å²) in [6.07, 6.45) is 2.56. The predicted octanol–water partition coefficient (Wildman–Crippen LogP) is 1.96. The SMILES string of the molecule is [CH2]C/C=C/Cl. The molecule has 0 spiro atoms. The zero-order chi connectivity index (χ0) is 4.12. The summed E-state index contributed by atoms with van der Waals surface area (Å²) in [5, 5.41) is 0. The minimum atomic E-state index is 0.781. The van der Waals surface area contributed by atoms with Crippen LogP contribution in [-0.4, -0.2) is 0 Å². The Kier molecular flexibility index (Phi) is 4.05. The highest BCUT2D eigenvalue weighted by molar-refractivity contribution is 6.25. The highest BCUT2D eigenvalue weighted by Gasteiger charge is 1.54. The average Bonchev–Trinajstić information content (AvgIpc) is 1.41. The van der Waals surface area contributed by atoms with E-state index in [1.165, 1.54) is 5.54 Å². The van der Waals surface area contributed by atoms with Crippen LogP contribution in [-0.2, 0) is 0 Å². The first-order chi connectivity index (χ1) is 2.41. The molecule has 0 aromatic heterocycles. The number of hydrogen-bond acceptors (Lipinski definition) is 0. The van der Waals surface area contributed by atoms with E-state index >= 15 is 0 Å². The second-order valence-corrected chi connectivity index (χ2v) is 0.902. The molecule has 0 N–H and O–H groups in total. The Labute approximate surface area is 37.4 Å². The van der Waals surface area contributed by atoms with Crippen molar-refractivity contribution in [3.05, 3.63) is 18.5 Å². The predicted molar refractivity (Wildman–Crippen MR) is 25.0 cm³/mol. The van der Waals surface area contributed by atoms with Crippen LogP contribution in [0.15, 0.2) is 11.6 Å². The van der Waals surface area contributed by atoms with Crippen LogP contribution >= 0.6 is 11.6 Å². The first-order valence-electron chi connectivity index (χ1n) is 1.46. The fourth-order valence-electron chi connectivity index (χ4n) is 0.0630. The van der Waals surface area contributed by atoms with Crippen molar-refractivity contribution in [1.82, 2.24) is 0 Å². The van der Waals surface area contributed by atoms with Crippen LogP contribution in [0.25, 0.3) is 0 Å². The lowest BCUT2D eigenvalue weighted by atomic mass is 10.5. The van der Waals surface area contributed by atoms with Gasteiger partial charge in [-0.3, -0.25) is 0 Å². The van der Waals surface area contributed by atoms with Crippen molar-refractivity contribution < 1.29 is 0 Å². The molecule has 0 bridgehead atoms. The van der Waals surface area contributed by atoms with Gasteiger partial charge >= 0.3 is 0 Å². The number of rotatable bonds is 1. The zero-order valence-electron chi connectivity index (χ0n) is 2.95. The standard InChI is InChI=1S/C4H6Cl/c1-2-3-4-5/h3-4H,1-2H2/b4-3+. The van der Waals surface area contributed by atoms with E-state index in [4.69, 9.17) is 11.6 Å². The maximum atomic E-state index is 5.08. The molecule has 29 valence electrons. The molecule has 0 heterocycles. The lowest BCUT2D eigenvalue weighted by Crippen LogP contribution is -1.42. The minimum Gasteiger partial charge on any atom is -0.0933 e. The molecule has 0 atom stereocenters. The minimum absolute atomic E-state index is 0.781. The summed E-state index contributed by atoms with van der Waals surface area (Å²) in [6.45, 7) is 3.50. The summed E-state index contributed by atoms with van der Waals surface area (Å²) in [6, 6.07) is 0. The van der Waals surface area contributed by atoms with Gasteiger partial charge in [-0.05, 0) is 13.3 Å². The van der Waals surface area contributed by atoms with Crippen LogP contribution < -0.4 is 0 Å². The van der Waals surface area contributed by atoms with Crippen LogP contribution in [0.4, 0.5) is 0 Å². The van der Waals surface area contributed by atoms with E-state index in [1.807, 2.05) is 0 Å². The molecule has 5 heavy (non-hydrogen) atoms. The Morgan fingerprint density at radius 3 is 2.40 bits per heavy atom.